The molecule has 0 aromatic heterocycles. The monoisotopic (exact) mass is 346 g/mol. The summed E-state index contributed by atoms with van der Waals surface area (Å²) in [6.45, 7) is 3.40. The van der Waals surface area contributed by atoms with Gasteiger partial charge in [-0.3, -0.25) is 4.79 Å². The SMILES string of the molecule is CC1(C)C(=O)N(CCNc2cccc(Br)c2)S1(=O)=O. The van der Waals surface area contributed by atoms with Crippen LogP contribution in [0, 0.1) is 0 Å². The molecule has 1 aliphatic rings. The van der Waals surface area contributed by atoms with E-state index in [2.05, 4.69) is 21.2 Å². The van der Waals surface area contributed by atoms with E-state index >= 15 is 0 Å². The van der Waals surface area contributed by atoms with Gasteiger partial charge in [0, 0.05) is 16.7 Å². The highest BCUT2D eigenvalue weighted by Gasteiger charge is 2.59. The van der Waals surface area contributed by atoms with Gasteiger partial charge < -0.3 is 5.32 Å². The lowest BCUT2D eigenvalue weighted by atomic mass is 10.2. The number of rotatable bonds is 4. The number of sulfonamides is 1. The molecule has 0 aliphatic carbocycles. The number of nitrogens with one attached hydrogen (secondary N) is 1. The van der Waals surface area contributed by atoms with Crippen molar-refractivity contribution in [2.24, 2.45) is 0 Å². The molecule has 0 saturated carbocycles. The van der Waals surface area contributed by atoms with E-state index in [0.29, 0.717) is 6.54 Å². The molecule has 0 atom stereocenters. The minimum absolute atomic E-state index is 0.150. The van der Waals surface area contributed by atoms with Gasteiger partial charge in [-0.25, -0.2) is 12.7 Å². The Bertz CT molecular complexity index is 613. The standard InChI is InChI=1S/C12H15BrN2O3S/c1-12(2)11(16)15(19(12,17)18)7-6-14-10-5-3-4-9(13)8-10/h3-5,8,14H,6-7H2,1-2H3. The van der Waals surface area contributed by atoms with Gasteiger partial charge in [0.25, 0.3) is 15.9 Å². The summed E-state index contributed by atoms with van der Waals surface area (Å²) in [7, 11) is -3.48. The molecule has 0 spiro atoms. The quantitative estimate of drug-likeness (QED) is 0.902. The highest BCUT2D eigenvalue weighted by molar-refractivity contribution is 9.10. The smallest absolute Gasteiger partial charge is 0.258 e. The molecule has 1 aromatic rings. The van der Waals surface area contributed by atoms with E-state index in [9.17, 15) is 13.2 Å². The maximum atomic E-state index is 11.8. The second kappa shape index (κ2) is 4.79. The van der Waals surface area contributed by atoms with Crippen LogP contribution >= 0.6 is 15.9 Å². The summed E-state index contributed by atoms with van der Waals surface area (Å²) >= 11 is 3.35. The number of amides is 1. The van der Waals surface area contributed by atoms with Crippen molar-refractivity contribution < 1.29 is 13.2 Å². The van der Waals surface area contributed by atoms with Gasteiger partial charge in [-0.15, -0.1) is 0 Å². The number of halogens is 1. The van der Waals surface area contributed by atoms with Gasteiger partial charge in [0.15, 0.2) is 4.75 Å². The topological polar surface area (TPSA) is 66.5 Å². The predicted molar refractivity (Wildman–Crippen MR) is 77.3 cm³/mol. The lowest BCUT2D eigenvalue weighted by Gasteiger charge is -2.43. The molecule has 5 nitrogen and oxygen atoms in total. The second-order valence-electron chi connectivity index (χ2n) is 4.83. The minimum atomic E-state index is -3.48. The van der Waals surface area contributed by atoms with E-state index in [-0.39, 0.29) is 12.5 Å². The fourth-order valence-corrected chi connectivity index (χ4v) is 3.81. The van der Waals surface area contributed by atoms with Crippen LogP contribution in [0.15, 0.2) is 28.7 Å². The van der Waals surface area contributed by atoms with Crippen LogP contribution in [0.4, 0.5) is 5.69 Å². The summed E-state index contributed by atoms with van der Waals surface area (Å²) < 4.78 is 24.3. The normalized spacial score (nSPS) is 19.9. The molecule has 1 amide bonds. The van der Waals surface area contributed by atoms with E-state index < -0.39 is 14.8 Å². The van der Waals surface area contributed by atoms with Gasteiger partial charge in [0.1, 0.15) is 0 Å². The summed E-state index contributed by atoms with van der Waals surface area (Å²) in [4.78, 5) is 11.7. The Morgan fingerprint density at radius 3 is 2.63 bits per heavy atom. The van der Waals surface area contributed by atoms with Crippen LogP contribution in [0.2, 0.25) is 0 Å². The molecule has 104 valence electrons. The fraction of sp³-hybridized carbons (Fsp3) is 0.417. The summed E-state index contributed by atoms with van der Waals surface area (Å²) in [6.07, 6.45) is 0. The fourth-order valence-electron chi connectivity index (χ4n) is 1.88. The molecule has 0 radical (unpaired) electrons. The van der Waals surface area contributed by atoms with E-state index in [4.69, 9.17) is 0 Å². The summed E-state index contributed by atoms with van der Waals surface area (Å²) in [5.41, 5.74) is 0.874. The maximum Gasteiger partial charge on any atom is 0.258 e. The van der Waals surface area contributed by atoms with Gasteiger partial charge in [-0.05, 0) is 32.0 Å². The van der Waals surface area contributed by atoms with Crippen LogP contribution in [0.3, 0.4) is 0 Å². The lowest BCUT2D eigenvalue weighted by molar-refractivity contribution is -0.132. The van der Waals surface area contributed by atoms with Crippen molar-refractivity contribution in [1.29, 1.82) is 0 Å². The number of benzene rings is 1. The molecule has 0 bridgehead atoms. The first-order valence-corrected chi connectivity index (χ1v) is 8.06. The molecule has 2 rings (SSSR count). The first-order valence-electron chi connectivity index (χ1n) is 5.83. The molecule has 1 aliphatic heterocycles. The third-order valence-electron chi connectivity index (χ3n) is 3.15. The van der Waals surface area contributed by atoms with Crippen molar-refractivity contribution in [3.63, 3.8) is 0 Å². The van der Waals surface area contributed by atoms with Crippen molar-refractivity contribution in [3.05, 3.63) is 28.7 Å². The molecule has 7 heteroatoms. The molecular weight excluding hydrogens is 332 g/mol. The Morgan fingerprint density at radius 1 is 1.37 bits per heavy atom. The number of hydrogen-bond donors (Lipinski definition) is 1. The van der Waals surface area contributed by atoms with Gasteiger partial charge >= 0.3 is 0 Å². The van der Waals surface area contributed by atoms with Crippen LogP contribution in [-0.4, -0.2) is 36.5 Å². The van der Waals surface area contributed by atoms with Crippen molar-refractivity contribution >= 4 is 37.5 Å². The van der Waals surface area contributed by atoms with Crippen molar-refractivity contribution in [3.8, 4) is 0 Å². The average molecular weight is 347 g/mol. The molecular formula is C12H15BrN2O3S. The molecule has 1 saturated heterocycles. The van der Waals surface area contributed by atoms with E-state index in [1.165, 1.54) is 13.8 Å². The zero-order valence-electron chi connectivity index (χ0n) is 10.7. The number of carbonyl (C=O) groups excluding carboxylic acids is 1. The molecule has 1 fully saturated rings. The molecule has 1 aromatic carbocycles. The highest BCUT2D eigenvalue weighted by Crippen LogP contribution is 2.34. The van der Waals surface area contributed by atoms with Crippen LogP contribution in [0.25, 0.3) is 0 Å². The first kappa shape index (κ1) is 14.3. The van der Waals surface area contributed by atoms with Gasteiger partial charge in [0.05, 0.1) is 6.54 Å². The predicted octanol–water partition coefficient (Wildman–Crippen LogP) is 1.81. The van der Waals surface area contributed by atoms with Crippen LogP contribution in [-0.2, 0) is 14.8 Å². The molecule has 19 heavy (non-hydrogen) atoms. The van der Waals surface area contributed by atoms with E-state index in [1.807, 2.05) is 24.3 Å². The second-order valence-corrected chi connectivity index (χ2v) is 8.16. The van der Waals surface area contributed by atoms with Gasteiger partial charge in [-0.2, -0.15) is 0 Å². The summed E-state index contributed by atoms with van der Waals surface area (Å²) in [5.74, 6) is -0.344. The Balaban J connectivity index is 1.93. The molecule has 1 heterocycles. The highest BCUT2D eigenvalue weighted by atomic mass is 79.9. The van der Waals surface area contributed by atoms with Crippen LogP contribution < -0.4 is 5.32 Å². The number of carbonyl (C=O) groups is 1. The Hall–Kier alpha value is -1.08. The third kappa shape index (κ3) is 2.36. The third-order valence-corrected chi connectivity index (χ3v) is 6.03. The van der Waals surface area contributed by atoms with E-state index in [0.717, 1.165) is 14.5 Å². The van der Waals surface area contributed by atoms with Gasteiger partial charge in [0.2, 0.25) is 0 Å². The average Bonchev–Trinajstić information content (AvgIpc) is 2.33. The first-order chi connectivity index (χ1) is 8.76. The van der Waals surface area contributed by atoms with Gasteiger partial charge in [-0.1, -0.05) is 22.0 Å². The zero-order valence-corrected chi connectivity index (χ0v) is 13.1. The van der Waals surface area contributed by atoms with Crippen LogP contribution in [0.1, 0.15) is 13.8 Å². The Morgan fingerprint density at radius 2 is 2.05 bits per heavy atom. The Kier molecular flexibility index (Phi) is 3.61. The van der Waals surface area contributed by atoms with Crippen molar-refractivity contribution in [1.82, 2.24) is 4.31 Å². The Labute approximate surface area is 121 Å². The van der Waals surface area contributed by atoms with Crippen LogP contribution in [0.5, 0.6) is 0 Å². The molecule has 0 unspecified atom stereocenters. The van der Waals surface area contributed by atoms with Crippen molar-refractivity contribution in [2.75, 3.05) is 18.4 Å². The lowest BCUT2D eigenvalue weighted by Crippen LogP contribution is -2.67. The van der Waals surface area contributed by atoms with Crippen molar-refractivity contribution in [2.45, 2.75) is 18.6 Å². The zero-order chi connectivity index (χ0) is 14.3. The summed E-state index contributed by atoms with van der Waals surface area (Å²) in [5, 5.41) is 3.08. The van der Waals surface area contributed by atoms with E-state index in [1.54, 1.807) is 0 Å². The largest absolute Gasteiger partial charge is 0.383 e. The number of anilines is 1. The summed E-state index contributed by atoms with van der Waals surface area (Å²) in [6, 6.07) is 7.54. The maximum absolute atomic E-state index is 11.8. The minimum Gasteiger partial charge on any atom is -0.383 e. The molecule has 1 N–H and O–H groups in total. The number of nitrogens with zero attached hydrogens (tertiary/aromatic N) is 1. The number of hydrogen-bond acceptors (Lipinski definition) is 4.